The predicted octanol–water partition coefficient (Wildman–Crippen LogP) is 3.79. The van der Waals surface area contributed by atoms with E-state index in [1.54, 1.807) is 40.9 Å². The molecule has 1 fully saturated rings. The van der Waals surface area contributed by atoms with Gasteiger partial charge in [-0.15, -0.1) is 0 Å². The van der Waals surface area contributed by atoms with Crippen LogP contribution in [-0.4, -0.2) is 54.5 Å². The summed E-state index contributed by atoms with van der Waals surface area (Å²) < 4.78 is 5.87. The van der Waals surface area contributed by atoms with Crippen LogP contribution in [0.1, 0.15) is 28.4 Å². The van der Waals surface area contributed by atoms with Crippen LogP contribution in [0.3, 0.4) is 0 Å². The monoisotopic (exact) mass is 432 g/mol. The van der Waals surface area contributed by atoms with Gasteiger partial charge in [0.2, 0.25) is 5.91 Å². The van der Waals surface area contributed by atoms with E-state index in [-0.39, 0.29) is 17.9 Å². The summed E-state index contributed by atoms with van der Waals surface area (Å²) in [5.41, 5.74) is 1.42. The fraction of sp³-hybridized carbons (Fsp3) is 0.364. The van der Waals surface area contributed by atoms with Gasteiger partial charge in [-0.25, -0.2) is 0 Å². The molecular formula is C22H25ClN2O3S. The lowest BCUT2D eigenvalue weighted by Crippen LogP contribution is -2.52. The van der Waals surface area contributed by atoms with Crippen molar-refractivity contribution in [3.63, 3.8) is 0 Å². The van der Waals surface area contributed by atoms with Crippen LogP contribution in [0.25, 0.3) is 0 Å². The maximum Gasteiger partial charge on any atom is 0.253 e. The summed E-state index contributed by atoms with van der Waals surface area (Å²) in [5.74, 6) is 0.359. The summed E-state index contributed by atoms with van der Waals surface area (Å²) in [6.45, 7) is 1.46. The van der Waals surface area contributed by atoms with Gasteiger partial charge in [0.15, 0.2) is 0 Å². The summed E-state index contributed by atoms with van der Waals surface area (Å²) >= 11 is 7.79. The van der Waals surface area contributed by atoms with E-state index in [0.29, 0.717) is 36.7 Å². The number of halogens is 1. The molecule has 29 heavy (non-hydrogen) atoms. The Morgan fingerprint density at radius 3 is 2.66 bits per heavy atom. The normalized spacial score (nSPS) is 17.6. The minimum absolute atomic E-state index is 0.0799. The molecule has 1 aliphatic rings. The molecule has 0 aliphatic carbocycles. The number of rotatable bonds is 7. The van der Waals surface area contributed by atoms with Crippen molar-refractivity contribution in [2.24, 2.45) is 0 Å². The van der Waals surface area contributed by atoms with Crippen LogP contribution in [0.2, 0.25) is 5.02 Å². The fourth-order valence-electron chi connectivity index (χ4n) is 3.31. The standard InChI is InChI=1S/C22H25ClN2O3S/c1-29-14-11-19(24-21(26)17-9-5-6-10-18(17)23)22(27)25-12-13-28-20(15-25)16-7-3-2-4-8-16/h2-10,19-20H,11-15H2,1H3,(H,24,26)/t19-,20-/m1/s1. The topological polar surface area (TPSA) is 58.6 Å². The number of benzene rings is 2. The summed E-state index contributed by atoms with van der Waals surface area (Å²) in [5, 5.41) is 3.26. The molecule has 7 heteroatoms. The summed E-state index contributed by atoms with van der Waals surface area (Å²) in [7, 11) is 0. The van der Waals surface area contributed by atoms with Gasteiger partial charge in [-0.3, -0.25) is 9.59 Å². The van der Waals surface area contributed by atoms with E-state index < -0.39 is 6.04 Å². The molecule has 0 unspecified atom stereocenters. The van der Waals surface area contributed by atoms with E-state index in [9.17, 15) is 9.59 Å². The molecule has 0 radical (unpaired) electrons. The summed E-state index contributed by atoms with van der Waals surface area (Å²) in [6, 6.07) is 16.1. The molecule has 2 amide bonds. The zero-order chi connectivity index (χ0) is 20.6. The van der Waals surface area contributed by atoms with Gasteiger partial charge in [0.25, 0.3) is 5.91 Å². The quantitative estimate of drug-likeness (QED) is 0.723. The molecule has 2 atom stereocenters. The molecule has 1 aliphatic heterocycles. The third-order valence-electron chi connectivity index (χ3n) is 4.88. The van der Waals surface area contributed by atoms with Crippen LogP contribution >= 0.6 is 23.4 Å². The second-order valence-corrected chi connectivity index (χ2v) is 8.23. The highest BCUT2D eigenvalue weighted by molar-refractivity contribution is 7.98. The van der Waals surface area contributed by atoms with Crippen LogP contribution in [0.4, 0.5) is 0 Å². The zero-order valence-electron chi connectivity index (χ0n) is 16.3. The Kier molecular flexibility index (Phi) is 7.98. The summed E-state index contributed by atoms with van der Waals surface area (Å²) in [4.78, 5) is 27.8. The molecule has 2 aromatic carbocycles. The molecule has 154 valence electrons. The Morgan fingerprint density at radius 2 is 1.93 bits per heavy atom. The molecule has 0 bridgehead atoms. The van der Waals surface area contributed by atoms with Gasteiger partial charge in [-0.2, -0.15) is 11.8 Å². The number of carbonyl (C=O) groups is 2. The number of thioether (sulfide) groups is 1. The molecule has 2 aromatic rings. The number of amides is 2. The highest BCUT2D eigenvalue weighted by atomic mass is 35.5. The Balaban J connectivity index is 1.71. The third kappa shape index (κ3) is 5.75. The van der Waals surface area contributed by atoms with Crippen molar-refractivity contribution < 1.29 is 14.3 Å². The van der Waals surface area contributed by atoms with Crippen LogP contribution in [0.15, 0.2) is 54.6 Å². The maximum absolute atomic E-state index is 13.2. The van der Waals surface area contributed by atoms with Gasteiger partial charge >= 0.3 is 0 Å². The lowest BCUT2D eigenvalue weighted by atomic mass is 10.1. The van der Waals surface area contributed by atoms with Crippen LogP contribution in [0.5, 0.6) is 0 Å². The molecule has 5 nitrogen and oxygen atoms in total. The second-order valence-electron chi connectivity index (χ2n) is 6.84. The maximum atomic E-state index is 13.2. The van der Waals surface area contributed by atoms with Crippen molar-refractivity contribution in [1.82, 2.24) is 10.2 Å². The average Bonchev–Trinajstić information content (AvgIpc) is 2.77. The van der Waals surface area contributed by atoms with Crippen molar-refractivity contribution in [3.05, 3.63) is 70.7 Å². The molecule has 3 rings (SSSR count). The number of morpholine rings is 1. The van der Waals surface area contributed by atoms with E-state index in [2.05, 4.69) is 5.32 Å². The fourth-order valence-corrected chi connectivity index (χ4v) is 4.01. The molecular weight excluding hydrogens is 408 g/mol. The van der Waals surface area contributed by atoms with Gasteiger partial charge in [0.05, 0.1) is 23.7 Å². The van der Waals surface area contributed by atoms with E-state index in [0.717, 1.165) is 11.3 Å². The van der Waals surface area contributed by atoms with Crippen LogP contribution < -0.4 is 5.32 Å². The van der Waals surface area contributed by atoms with Crippen molar-refractivity contribution >= 4 is 35.2 Å². The van der Waals surface area contributed by atoms with E-state index in [1.165, 1.54) is 0 Å². The Bertz CT molecular complexity index is 834. The highest BCUT2D eigenvalue weighted by Crippen LogP contribution is 2.23. The predicted molar refractivity (Wildman–Crippen MR) is 117 cm³/mol. The minimum Gasteiger partial charge on any atom is -0.370 e. The van der Waals surface area contributed by atoms with E-state index in [1.807, 2.05) is 36.6 Å². The van der Waals surface area contributed by atoms with Gasteiger partial charge < -0.3 is 15.0 Å². The molecule has 0 aromatic heterocycles. The smallest absolute Gasteiger partial charge is 0.253 e. The van der Waals surface area contributed by atoms with Gasteiger partial charge in [0, 0.05) is 6.54 Å². The number of ether oxygens (including phenoxy) is 1. The van der Waals surface area contributed by atoms with E-state index in [4.69, 9.17) is 16.3 Å². The second kappa shape index (κ2) is 10.7. The van der Waals surface area contributed by atoms with Crippen LogP contribution in [-0.2, 0) is 9.53 Å². The number of nitrogens with one attached hydrogen (secondary N) is 1. The highest BCUT2D eigenvalue weighted by Gasteiger charge is 2.31. The first-order valence-corrected chi connectivity index (χ1v) is 11.4. The Labute approximate surface area is 180 Å². The SMILES string of the molecule is CSCC[C@@H](NC(=O)c1ccccc1Cl)C(=O)N1CCO[C@@H](c2ccccc2)C1. The van der Waals surface area contributed by atoms with Crippen molar-refractivity contribution in [2.45, 2.75) is 18.6 Å². The van der Waals surface area contributed by atoms with Crippen molar-refractivity contribution in [3.8, 4) is 0 Å². The minimum atomic E-state index is -0.597. The van der Waals surface area contributed by atoms with Gasteiger partial charge in [0.1, 0.15) is 12.1 Å². The third-order valence-corrected chi connectivity index (χ3v) is 5.86. The molecule has 0 saturated carbocycles. The Hall–Kier alpha value is -2.02. The summed E-state index contributed by atoms with van der Waals surface area (Å²) in [6.07, 6.45) is 2.38. The van der Waals surface area contributed by atoms with E-state index >= 15 is 0 Å². The van der Waals surface area contributed by atoms with Gasteiger partial charge in [-0.05, 0) is 36.1 Å². The van der Waals surface area contributed by atoms with Gasteiger partial charge in [-0.1, -0.05) is 54.1 Å². The zero-order valence-corrected chi connectivity index (χ0v) is 17.9. The van der Waals surface area contributed by atoms with Crippen molar-refractivity contribution in [2.75, 3.05) is 31.7 Å². The molecule has 0 spiro atoms. The number of hydrogen-bond acceptors (Lipinski definition) is 4. The molecule has 1 heterocycles. The Morgan fingerprint density at radius 1 is 1.21 bits per heavy atom. The lowest BCUT2D eigenvalue weighted by molar-refractivity contribution is -0.141. The first-order valence-electron chi connectivity index (χ1n) is 9.60. The lowest BCUT2D eigenvalue weighted by Gasteiger charge is -2.35. The van der Waals surface area contributed by atoms with Crippen LogP contribution in [0, 0.1) is 0 Å². The number of carbonyl (C=O) groups excluding carboxylic acids is 2. The largest absolute Gasteiger partial charge is 0.370 e. The first kappa shape index (κ1) is 21.7. The van der Waals surface area contributed by atoms with Crippen molar-refractivity contribution in [1.29, 1.82) is 0 Å². The average molecular weight is 433 g/mol. The molecule has 1 saturated heterocycles. The number of nitrogens with zero attached hydrogens (tertiary/aromatic N) is 1. The number of hydrogen-bond donors (Lipinski definition) is 1. The molecule has 1 N–H and O–H groups in total. The first-order chi connectivity index (χ1) is 14.1.